The van der Waals surface area contributed by atoms with Gasteiger partial charge in [0.15, 0.2) is 0 Å². The molecule has 2 unspecified atom stereocenters. The molecule has 1 heterocycles. The summed E-state index contributed by atoms with van der Waals surface area (Å²) in [5, 5.41) is 3.53. The SMILES string of the molecule is CCCC(NC)C(CC)N1CCN(CCC)CC1. The molecular formula is C15H33N3. The van der Waals surface area contributed by atoms with Gasteiger partial charge in [-0.1, -0.05) is 27.2 Å². The molecule has 0 aliphatic carbocycles. The Balaban J connectivity index is 2.46. The first-order valence-corrected chi connectivity index (χ1v) is 7.90. The predicted molar refractivity (Wildman–Crippen MR) is 80.1 cm³/mol. The van der Waals surface area contributed by atoms with Crippen LogP contribution >= 0.6 is 0 Å². The van der Waals surface area contributed by atoms with Gasteiger partial charge in [0.25, 0.3) is 0 Å². The van der Waals surface area contributed by atoms with Crippen molar-refractivity contribution in [1.82, 2.24) is 15.1 Å². The number of hydrogen-bond acceptors (Lipinski definition) is 3. The maximum atomic E-state index is 3.53. The molecule has 1 aliphatic rings. The molecule has 0 amide bonds. The van der Waals surface area contributed by atoms with Gasteiger partial charge in [-0.25, -0.2) is 0 Å². The zero-order chi connectivity index (χ0) is 13.4. The van der Waals surface area contributed by atoms with E-state index in [-0.39, 0.29) is 0 Å². The van der Waals surface area contributed by atoms with E-state index in [1.54, 1.807) is 0 Å². The van der Waals surface area contributed by atoms with Gasteiger partial charge >= 0.3 is 0 Å². The van der Waals surface area contributed by atoms with Crippen LogP contribution < -0.4 is 5.32 Å². The molecule has 0 aromatic rings. The van der Waals surface area contributed by atoms with E-state index in [1.165, 1.54) is 58.4 Å². The van der Waals surface area contributed by atoms with Crippen molar-refractivity contribution < 1.29 is 0 Å². The van der Waals surface area contributed by atoms with Crippen LogP contribution in [-0.2, 0) is 0 Å². The van der Waals surface area contributed by atoms with Crippen LogP contribution in [0.5, 0.6) is 0 Å². The van der Waals surface area contributed by atoms with E-state index in [0.29, 0.717) is 6.04 Å². The number of nitrogens with one attached hydrogen (secondary N) is 1. The molecule has 0 spiro atoms. The Labute approximate surface area is 114 Å². The molecule has 108 valence electrons. The molecule has 2 atom stereocenters. The highest BCUT2D eigenvalue weighted by Crippen LogP contribution is 2.16. The topological polar surface area (TPSA) is 18.5 Å². The van der Waals surface area contributed by atoms with Crippen molar-refractivity contribution in [2.45, 2.75) is 58.5 Å². The lowest BCUT2D eigenvalue weighted by Crippen LogP contribution is -2.55. The largest absolute Gasteiger partial charge is 0.315 e. The van der Waals surface area contributed by atoms with Crippen molar-refractivity contribution in [2.24, 2.45) is 0 Å². The monoisotopic (exact) mass is 255 g/mol. The maximum absolute atomic E-state index is 3.53. The fraction of sp³-hybridized carbons (Fsp3) is 1.00. The summed E-state index contributed by atoms with van der Waals surface area (Å²) in [4.78, 5) is 5.32. The zero-order valence-electron chi connectivity index (χ0n) is 12.9. The van der Waals surface area contributed by atoms with Gasteiger partial charge in [0, 0.05) is 38.3 Å². The molecule has 1 rings (SSSR count). The van der Waals surface area contributed by atoms with Crippen LogP contribution in [0.15, 0.2) is 0 Å². The minimum atomic E-state index is 0.665. The molecule has 1 saturated heterocycles. The van der Waals surface area contributed by atoms with Gasteiger partial charge in [0.2, 0.25) is 0 Å². The van der Waals surface area contributed by atoms with Crippen molar-refractivity contribution >= 4 is 0 Å². The molecule has 0 aromatic carbocycles. The second-order valence-corrected chi connectivity index (χ2v) is 5.54. The van der Waals surface area contributed by atoms with E-state index >= 15 is 0 Å². The molecule has 1 N–H and O–H groups in total. The minimum Gasteiger partial charge on any atom is -0.315 e. The van der Waals surface area contributed by atoms with Gasteiger partial charge in [0.05, 0.1) is 0 Å². The van der Waals surface area contributed by atoms with E-state index in [9.17, 15) is 0 Å². The normalized spacial score (nSPS) is 22.0. The first-order chi connectivity index (χ1) is 8.76. The van der Waals surface area contributed by atoms with Crippen molar-refractivity contribution in [3.63, 3.8) is 0 Å². The number of hydrogen-bond donors (Lipinski definition) is 1. The Morgan fingerprint density at radius 2 is 1.67 bits per heavy atom. The van der Waals surface area contributed by atoms with Crippen molar-refractivity contribution in [3.8, 4) is 0 Å². The molecule has 18 heavy (non-hydrogen) atoms. The van der Waals surface area contributed by atoms with Gasteiger partial charge < -0.3 is 10.2 Å². The summed E-state index contributed by atoms with van der Waals surface area (Å²) in [6.07, 6.45) is 5.12. The molecule has 0 saturated carbocycles. The van der Waals surface area contributed by atoms with Crippen molar-refractivity contribution in [2.75, 3.05) is 39.8 Å². The summed E-state index contributed by atoms with van der Waals surface area (Å²) in [5.74, 6) is 0. The van der Waals surface area contributed by atoms with E-state index in [1.807, 2.05) is 0 Å². The van der Waals surface area contributed by atoms with Crippen molar-refractivity contribution in [3.05, 3.63) is 0 Å². The maximum Gasteiger partial charge on any atom is 0.0247 e. The summed E-state index contributed by atoms with van der Waals surface area (Å²) in [7, 11) is 2.12. The van der Waals surface area contributed by atoms with Crippen LogP contribution in [0.2, 0.25) is 0 Å². The lowest BCUT2D eigenvalue weighted by Gasteiger charge is -2.42. The van der Waals surface area contributed by atoms with Crippen molar-refractivity contribution in [1.29, 1.82) is 0 Å². The zero-order valence-corrected chi connectivity index (χ0v) is 12.9. The number of nitrogens with zero attached hydrogens (tertiary/aromatic N) is 2. The smallest absolute Gasteiger partial charge is 0.0247 e. The van der Waals surface area contributed by atoms with E-state index in [2.05, 4.69) is 42.9 Å². The molecule has 1 fully saturated rings. The standard InChI is InChI=1S/C15H33N3/c1-5-8-14(16-4)15(7-3)18-12-10-17(9-6-2)11-13-18/h14-16H,5-13H2,1-4H3. The quantitative estimate of drug-likeness (QED) is 0.717. The first-order valence-electron chi connectivity index (χ1n) is 7.90. The van der Waals surface area contributed by atoms with Crippen LogP contribution in [0.3, 0.4) is 0 Å². The fourth-order valence-corrected chi connectivity index (χ4v) is 3.27. The van der Waals surface area contributed by atoms with Gasteiger partial charge in [-0.3, -0.25) is 4.90 Å². The Morgan fingerprint density at radius 3 is 2.11 bits per heavy atom. The van der Waals surface area contributed by atoms with Gasteiger partial charge in [-0.15, -0.1) is 0 Å². The molecule has 3 heteroatoms. The lowest BCUT2D eigenvalue weighted by atomic mass is 9.98. The average molecular weight is 255 g/mol. The predicted octanol–water partition coefficient (Wildman–Crippen LogP) is 2.18. The highest BCUT2D eigenvalue weighted by molar-refractivity contribution is 4.85. The third kappa shape index (κ3) is 4.52. The minimum absolute atomic E-state index is 0.665. The second kappa shape index (κ2) is 8.89. The summed E-state index contributed by atoms with van der Waals surface area (Å²) in [6.45, 7) is 13.2. The third-order valence-corrected chi connectivity index (χ3v) is 4.27. The number of rotatable bonds is 8. The fourth-order valence-electron chi connectivity index (χ4n) is 3.27. The summed E-state index contributed by atoms with van der Waals surface area (Å²) >= 11 is 0. The van der Waals surface area contributed by atoms with Gasteiger partial charge in [0.1, 0.15) is 0 Å². The van der Waals surface area contributed by atoms with E-state index < -0.39 is 0 Å². The molecule has 0 bridgehead atoms. The molecule has 0 aromatic heterocycles. The summed E-state index contributed by atoms with van der Waals surface area (Å²) in [5.41, 5.74) is 0. The van der Waals surface area contributed by atoms with Crippen LogP contribution in [-0.4, -0.2) is 61.7 Å². The molecule has 0 radical (unpaired) electrons. The van der Waals surface area contributed by atoms with Gasteiger partial charge in [-0.05, 0) is 32.9 Å². The Morgan fingerprint density at radius 1 is 1.00 bits per heavy atom. The van der Waals surface area contributed by atoms with E-state index in [4.69, 9.17) is 0 Å². The summed E-state index contributed by atoms with van der Waals surface area (Å²) < 4.78 is 0. The van der Waals surface area contributed by atoms with E-state index in [0.717, 1.165) is 6.04 Å². The average Bonchev–Trinajstić information content (AvgIpc) is 2.40. The van der Waals surface area contributed by atoms with Crippen LogP contribution in [0.1, 0.15) is 46.5 Å². The molecule has 1 aliphatic heterocycles. The first kappa shape index (κ1) is 15.9. The highest BCUT2D eigenvalue weighted by Gasteiger charge is 2.27. The molecule has 3 nitrogen and oxygen atoms in total. The second-order valence-electron chi connectivity index (χ2n) is 5.54. The number of piperazine rings is 1. The van der Waals surface area contributed by atoms with Gasteiger partial charge in [-0.2, -0.15) is 0 Å². The Bertz CT molecular complexity index is 200. The lowest BCUT2D eigenvalue weighted by molar-refractivity contribution is 0.0756. The Kier molecular flexibility index (Phi) is 7.87. The van der Waals surface area contributed by atoms with Crippen LogP contribution in [0.4, 0.5) is 0 Å². The highest BCUT2D eigenvalue weighted by atomic mass is 15.3. The third-order valence-electron chi connectivity index (χ3n) is 4.27. The summed E-state index contributed by atoms with van der Waals surface area (Å²) in [6, 6.07) is 1.39. The van der Waals surface area contributed by atoms with Crippen LogP contribution in [0.25, 0.3) is 0 Å². The molecular weight excluding hydrogens is 222 g/mol. The Hall–Kier alpha value is -0.120. The van der Waals surface area contributed by atoms with Crippen LogP contribution in [0, 0.1) is 0 Å². The number of likely N-dealkylation sites (N-methyl/N-ethyl adjacent to an activating group) is 1.